The van der Waals surface area contributed by atoms with E-state index in [1.54, 1.807) is 4.90 Å². The van der Waals surface area contributed by atoms with Gasteiger partial charge in [0.1, 0.15) is 11.4 Å². The number of hydrogen-bond acceptors (Lipinski definition) is 5. The molecule has 6 heteroatoms. The summed E-state index contributed by atoms with van der Waals surface area (Å²) >= 11 is 0. The highest BCUT2D eigenvalue weighted by atomic mass is 16.6. The summed E-state index contributed by atoms with van der Waals surface area (Å²) in [5.74, 6) is 0.836. The van der Waals surface area contributed by atoms with Crippen LogP contribution in [0.15, 0.2) is 4.52 Å². The number of ether oxygens (including phenoxy) is 1. The molecule has 0 saturated carbocycles. The molecular formula is C16H29N3O3. The summed E-state index contributed by atoms with van der Waals surface area (Å²) in [6.45, 7) is 14.2. The second kappa shape index (κ2) is 8.17. The summed E-state index contributed by atoms with van der Waals surface area (Å²) in [7, 11) is 0. The van der Waals surface area contributed by atoms with E-state index >= 15 is 0 Å². The van der Waals surface area contributed by atoms with Gasteiger partial charge >= 0.3 is 6.09 Å². The van der Waals surface area contributed by atoms with E-state index in [4.69, 9.17) is 9.26 Å². The summed E-state index contributed by atoms with van der Waals surface area (Å²) in [5, 5.41) is 7.26. The molecule has 0 aliphatic carbocycles. The Bertz CT molecular complexity index is 458. The van der Waals surface area contributed by atoms with Crippen LogP contribution in [0, 0.1) is 13.8 Å². The maximum absolute atomic E-state index is 12.1. The molecule has 0 aromatic carbocycles. The highest BCUT2D eigenvalue weighted by Gasteiger charge is 2.21. The first-order chi connectivity index (χ1) is 10.2. The molecule has 0 bridgehead atoms. The van der Waals surface area contributed by atoms with Crippen molar-refractivity contribution in [2.45, 2.75) is 60.1 Å². The molecule has 1 amide bonds. The summed E-state index contributed by atoms with van der Waals surface area (Å²) in [6, 6.07) is 0. The van der Waals surface area contributed by atoms with Crippen LogP contribution in [0.25, 0.3) is 0 Å². The molecule has 0 aliphatic heterocycles. The fourth-order valence-electron chi connectivity index (χ4n) is 2.07. The number of nitrogens with zero attached hydrogens (tertiary/aromatic N) is 2. The molecule has 0 spiro atoms. The third-order valence-corrected chi connectivity index (χ3v) is 3.19. The SMILES string of the molecule is CCCN(CCNCc1c(C)noc1C)C(=O)OC(C)(C)C. The van der Waals surface area contributed by atoms with Crippen molar-refractivity contribution in [3.05, 3.63) is 17.0 Å². The third-order valence-electron chi connectivity index (χ3n) is 3.19. The number of aromatic nitrogens is 1. The van der Waals surface area contributed by atoms with Crippen molar-refractivity contribution in [1.82, 2.24) is 15.4 Å². The Morgan fingerprint density at radius 3 is 2.50 bits per heavy atom. The van der Waals surface area contributed by atoms with E-state index in [2.05, 4.69) is 17.4 Å². The van der Waals surface area contributed by atoms with Crippen molar-refractivity contribution in [3.63, 3.8) is 0 Å². The lowest BCUT2D eigenvalue weighted by atomic mass is 10.2. The second-order valence-electron chi connectivity index (χ2n) is 6.45. The van der Waals surface area contributed by atoms with Gasteiger partial charge in [-0.2, -0.15) is 0 Å². The Labute approximate surface area is 133 Å². The lowest BCUT2D eigenvalue weighted by molar-refractivity contribution is 0.0252. The number of nitrogens with one attached hydrogen (secondary N) is 1. The quantitative estimate of drug-likeness (QED) is 0.784. The predicted molar refractivity (Wildman–Crippen MR) is 85.8 cm³/mol. The van der Waals surface area contributed by atoms with Gasteiger partial charge in [-0.25, -0.2) is 4.79 Å². The van der Waals surface area contributed by atoms with Gasteiger partial charge in [0.2, 0.25) is 0 Å². The van der Waals surface area contributed by atoms with Crippen LogP contribution in [-0.2, 0) is 11.3 Å². The summed E-state index contributed by atoms with van der Waals surface area (Å²) in [6.07, 6.45) is 0.650. The van der Waals surface area contributed by atoms with Crippen molar-refractivity contribution < 1.29 is 14.1 Å². The highest BCUT2D eigenvalue weighted by Crippen LogP contribution is 2.12. The monoisotopic (exact) mass is 311 g/mol. The second-order valence-corrected chi connectivity index (χ2v) is 6.45. The molecule has 1 aromatic heterocycles. The van der Waals surface area contributed by atoms with E-state index in [0.717, 1.165) is 23.4 Å². The maximum atomic E-state index is 12.1. The molecule has 1 rings (SSSR count). The standard InChI is InChI=1S/C16H29N3O3/c1-7-9-19(15(20)21-16(4,5)6)10-8-17-11-14-12(2)18-22-13(14)3/h17H,7-11H2,1-6H3. The van der Waals surface area contributed by atoms with Crippen LogP contribution in [0.2, 0.25) is 0 Å². The largest absolute Gasteiger partial charge is 0.444 e. The van der Waals surface area contributed by atoms with Crippen LogP contribution in [0.5, 0.6) is 0 Å². The van der Waals surface area contributed by atoms with Crippen molar-refractivity contribution >= 4 is 6.09 Å². The van der Waals surface area contributed by atoms with Crippen molar-refractivity contribution in [2.24, 2.45) is 0 Å². The zero-order chi connectivity index (χ0) is 16.8. The maximum Gasteiger partial charge on any atom is 0.410 e. The Morgan fingerprint density at radius 1 is 1.32 bits per heavy atom. The minimum absolute atomic E-state index is 0.256. The number of amides is 1. The van der Waals surface area contributed by atoms with E-state index in [1.165, 1.54) is 0 Å². The molecule has 1 heterocycles. The first-order valence-corrected chi connectivity index (χ1v) is 7.85. The van der Waals surface area contributed by atoms with Crippen LogP contribution in [-0.4, -0.2) is 41.4 Å². The fourth-order valence-corrected chi connectivity index (χ4v) is 2.07. The molecule has 0 aliphatic rings. The zero-order valence-electron chi connectivity index (χ0n) is 14.7. The number of rotatable bonds is 7. The van der Waals surface area contributed by atoms with Crippen molar-refractivity contribution in [3.8, 4) is 0 Å². The molecule has 0 unspecified atom stereocenters. The third kappa shape index (κ3) is 6.05. The molecule has 126 valence electrons. The van der Waals surface area contributed by atoms with Crippen LogP contribution < -0.4 is 5.32 Å². The lowest BCUT2D eigenvalue weighted by Gasteiger charge is -2.27. The fraction of sp³-hybridized carbons (Fsp3) is 0.750. The first kappa shape index (κ1) is 18.5. The van der Waals surface area contributed by atoms with Gasteiger partial charge in [-0.1, -0.05) is 12.1 Å². The van der Waals surface area contributed by atoms with Gasteiger partial charge in [0, 0.05) is 31.7 Å². The van der Waals surface area contributed by atoms with E-state index < -0.39 is 5.60 Å². The summed E-state index contributed by atoms with van der Waals surface area (Å²) in [4.78, 5) is 13.9. The van der Waals surface area contributed by atoms with E-state index in [1.807, 2.05) is 34.6 Å². The van der Waals surface area contributed by atoms with Crippen LogP contribution in [0.3, 0.4) is 0 Å². The zero-order valence-corrected chi connectivity index (χ0v) is 14.7. The van der Waals surface area contributed by atoms with Gasteiger partial charge in [0.05, 0.1) is 5.69 Å². The number of carbonyl (C=O) groups is 1. The van der Waals surface area contributed by atoms with Gasteiger partial charge in [-0.05, 0) is 41.0 Å². The van der Waals surface area contributed by atoms with Gasteiger partial charge in [0.15, 0.2) is 0 Å². The van der Waals surface area contributed by atoms with Gasteiger partial charge in [0.25, 0.3) is 0 Å². The average Bonchev–Trinajstić information content (AvgIpc) is 2.71. The number of carbonyl (C=O) groups excluding carboxylic acids is 1. The van der Waals surface area contributed by atoms with Gasteiger partial charge in [-0.15, -0.1) is 0 Å². The minimum Gasteiger partial charge on any atom is -0.444 e. The minimum atomic E-state index is -0.465. The number of hydrogen-bond donors (Lipinski definition) is 1. The molecule has 22 heavy (non-hydrogen) atoms. The lowest BCUT2D eigenvalue weighted by Crippen LogP contribution is -2.40. The molecule has 6 nitrogen and oxygen atoms in total. The Balaban J connectivity index is 2.43. The number of aryl methyl sites for hydroxylation is 2. The van der Waals surface area contributed by atoms with E-state index in [9.17, 15) is 4.79 Å². The molecule has 0 atom stereocenters. The van der Waals surface area contributed by atoms with E-state index in [0.29, 0.717) is 26.2 Å². The topological polar surface area (TPSA) is 67.6 Å². The van der Waals surface area contributed by atoms with Gasteiger partial charge in [-0.3, -0.25) is 0 Å². The smallest absolute Gasteiger partial charge is 0.410 e. The molecule has 1 N–H and O–H groups in total. The highest BCUT2D eigenvalue weighted by molar-refractivity contribution is 5.68. The average molecular weight is 311 g/mol. The summed E-state index contributed by atoms with van der Waals surface area (Å²) < 4.78 is 10.6. The normalized spacial score (nSPS) is 11.5. The van der Waals surface area contributed by atoms with Crippen LogP contribution >= 0.6 is 0 Å². The van der Waals surface area contributed by atoms with Gasteiger partial charge < -0.3 is 19.5 Å². The van der Waals surface area contributed by atoms with E-state index in [-0.39, 0.29) is 6.09 Å². The summed E-state index contributed by atoms with van der Waals surface area (Å²) in [5.41, 5.74) is 1.52. The predicted octanol–water partition coefficient (Wildman–Crippen LogP) is 3.03. The molecule has 1 aromatic rings. The van der Waals surface area contributed by atoms with Crippen LogP contribution in [0.1, 0.15) is 51.1 Å². The Morgan fingerprint density at radius 2 is 2.00 bits per heavy atom. The Kier molecular flexibility index (Phi) is 6.87. The molecule has 0 fully saturated rings. The van der Waals surface area contributed by atoms with Crippen molar-refractivity contribution in [2.75, 3.05) is 19.6 Å². The molecular weight excluding hydrogens is 282 g/mol. The van der Waals surface area contributed by atoms with Crippen molar-refractivity contribution in [1.29, 1.82) is 0 Å². The molecule has 0 saturated heterocycles. The van der Waals surface area contributed by atoms with Crippen LogP contribution in [0.4, 0.5) is 4.79 Å². The Hall–Kier alpha value is -1.56. The molecule has 0 radical (unpaired) electrons. The first-order valence-electron chi connectivity index (χ1n) is 7.85.